The maximum atomic E-state index is 2.35. The van der Waals surface area contributed by atoms with Gasteiger partial charge in [0.05, 0.1) is 0 Å². The Bertz CT molecular complexity index is 552. The summed E-state index contributed by atoms with van der Waals surface area (Å²) in [6.07, 6.45) is 5.67. The topological polar surface area (TPSA) is 0 Å². The largest absolute Gasteiger partial charge is 0.0760 e. The Morgan fingerprint density at radius 1 is 0.941 bits per heavy atom. The molecule has 0 radical (unpaired) electrons. The zero-order valence-corrected chi connectivity index (χ0v) is 11.6. The average Bonchev–Trinajstić information content (AvgIpc) is 2.76. The van der Waals surface area contributed by atoms with Crippen LogP contribution in [-0.4, -0.2) is 0 Å². The summed E-state index contributed by atoms with van der Waals surface area (Å²) < 4.78 is 1.30. The summed E-state index contributed by atoms with van der Waals surface area (Å²) >= 11 is 2.35. The van der Waals surface area contributed by atoms with Crippen LogP contribution in [0.5, 0.6) is 0 Å². The van der Waals surface area contributed by atoms with E-state index >= 15 is 0 Å². The summed E-state index contributed by atoms with van der Waals surface area (Å²) in [4.78, 5) is 0. The van der Waals surface area contributed by atoms with Crippen LogP contribution in [0.2, 0.25) is 0 Å². The van der Waals surface area contributed by atoms with Gasteiger partial charge in [0.1, 0.15) is 0 Å². The summed E-state index contributed by atoms with van der Waals surface area (Å²) in [7, 11) is 0. The summed E-state index contributed by atoms with van der Waals surface area (Å²) in [5, 5.41) is 0. The lowest BCUT2D eigenvalue weighted by atomic mass is 9.94. The molecule has 1 unspecified atom stereocenters. The molecule has 0 amide bonds. The molecule has 0 fully saturated rings. The third-order valence-electron chi connectivity index (χ3n) is 3.27. The van der Waals surface area contributed by atoms with E-state index in [4.69, 9.17) is 0 Å². The molecule has 1 aliphatic rings. The van der Waals surface area contributed by atoms with Gasteiger partial charge < -0.3 is 0 Å². The lowest BCUT2D eigenvalue weighted by Gasteiger charge is -2.11. The molecule has 0 N–H and O–H groups in total. The maximum absolute atomic E-state index is 2.35. The second kappa shape index (κ2) is 4.65. The number of halogens is 1. The van der Waals surface area contributed by atoms with Gasteiger partial charge in [0.15, 0.2) is 0 Å². The minimum atomic E-state index is 0.547. The highest BCUT2D eigenvalue weighted by atomic mass is 127. The molecule has 3 rings (SSSR count). The molecule has 84 valence electrons. The predicted molar refractivity (Wildman–Crippen MR) is 81.1 cm³/mol. The first-order chi connectivity index (χ1) is 8.33. The molecule has 0 saturated carbocycles. The standard InChI is InChI=1S/C16H13I/c17-15-9-5-12(6-10-15)11-14-8-7-13-3-1-2-4-16(13)14/h1-10,14H,11H2. The molecule has 1 heteroatoms. The highest BCUT2D eigenvalue weighted by Gasteiger charge is 2.16. The third kappa shape index (κ3) is 2.29. The van der Waals surface area contributed by atoms with E-state index in [9.17, 15) is 0 Å². The van der Waals surface area contributed by atoms with E-state index in [0.717, 1.165) is 6.42 Å². The van der Waals surface area contributed by atoms with Crippen LogP contribution in [0.1, 0.15) is 22.6 Å². The summed E-state index contributed by atoms with van der Waals surface area (Å²) in [5.74, 6) is 0.547. The van der Waals surface area contributed by atoms with Gasteiger partial charge in [0.2, 0.25) is 0 Å². The van der Waals surface area contributed by atoms with Gasteiger partial charge in [-0.25, -0.2) is 0 Å². The molecule has 0 spiro atoms. The van der Waals surface area contributed by atoms with Crippen LogP contribution >= 0.6 is 22.6 Å². The van der Waals surface area contributed by atoms with E-state index in [1.165, 1.54) is 20.3 Å². The Labute approximate surface area is 116 Å². The Morgan fingerprint density at radius 3 is 2.53 bits per heavy atom. The fourth-order valence-corrected chi connectivity index (χ4v) is 2.74. The fourth-order valence-electron chi connectivity index (χ4n) is 2.38. The quantitative estimate of drug-likeness (QED) is 0.703. The van der Waals surface area contributed by atoms with Crippen LogP contribution < -0.4 is 0 Å². The van der Waals surface area contributed by atoms with E-state index < -0.39 is 0 Å². The van der Waals surface area contributed by atoms with Crippen molar-refractivity contribution in [1.29, 1.82) is 0 Å². The van der Waals surface area contributed by atoms with Gasteiger partial charge in [-0.1, -0.05) is 48.6 Å². The second-order valence-corrected chi connectivity index (χ2v) is 5.67. The van der Waals surface area contributed by atoms with E-state index in [0.29, 0.717) is 5.92 Å². The Balaban J connectivity index is 1.84. The summed E-state index contributed by atoms with van der Waals surface area (Å²) in [6.45, 7) is 0. The van der Waals surface area contributed by atoms with Crippen molar-refractivity contribution in [3.63, 3.8) is 0 Å². The normalized spacial score (nSPS) is 17.1. The molecular weight excluding hydrogens is 319 g/mol. The number of benzene rings is 2. The van der Waals surface area contributed by atoms with Gasteiger partial charge in [0, 0.05) is 9.49 Å². The van der Waals surface area contributed by atoms with Crippen molar-refractivity contribution in [1.82, 2.24) is 0 Å². The van der Waals surface area contributed by atoms with Gasteiger partial charge in [-0.15, -0.1) is 0 Å². The monoisotopic (exact) mass is 332 g/mol. The van der Waals surface area contributed by atoms with Crippen LogP contribution in [0.3, 0.4) is 0 Å². The van der Waals surface area contributed by atoms with Crippen LogP contribution in [0.25, 0.3) is 6.08 Å². The van der Waals surface area contributed by atoms with Crippen molar-refractivity contribution in [2.45, 2.75) is 12.3 Å². The van der Waals surface area contributed by atoms with Crippen molar-refractivity contribution in [3.05, 3.63) is 74.9 Å². The molecule has 0 aliphatic heterocycles. The molecule has 2 aromatic rings. The highest BCUT2D eigenvalue weighted by molar-refractivity contribution is 14.1. The Kier molecular flexibility index (Phi) is 3.02. The molecule has 1 aliphatic carbocycles. The Hall–Kier alpha value is -1.09. The molecule has 0 nitrogen and oxygen atoms in total. The zero-order valence-electron chi connectivity index (χ0n) is 9.44. The van der Waals surface area contributed by atoms with Gasteiger partial charge in [-0.3, -0.25) is 0 Å². The molecule has 17 heavy (non-hydrogen) atoms. The van der Waals surface area contributed by atoms with E-state index in [-0.39, 0.29) is 0 Å². The van der Waals surface area contributed by atoms with E-state index in [1.807, 2.05) is 0 Å². The number of fused-ring (bicyclic) bond motifs is 1. The van der Waals surface area contributed by atoms with E-state index in [1.54, 1.807) is 0 Å². The van der Waals surface area contributed by atoms with Crippen molar-refractivity contribution in [2.24, 2.45) is 0 Å². The fraction of sp³-hybridized carbons (Fsp3) is 0.125. The van der Waals surface area contributed by atoms with Crippen LogP contribution in [0, 0.1) is 3.57 Å². The first kappa shape index (κ1) is 11.0. The highest BCUT2D eigenvalue weighted by Crippen LogP contribution is 2.32. The number of hydrogen-bond donors (Lipinski definition) is 0. The van der Waals surface area contributed by atoms with Crippen LogP contribution in [-0.2, 0) is 6.42 Å². The van der Waals surface area contributed by atoms with E-state index in [2.05, 4.69) is 83.3 Å². The zero-order chi connectivity index (χ0) is 11.7. The first-order valence-electron chi connectivity index (χ1n) is 5.84. The van der Waals surface area contributed by atoms with Crippen molar-refractivity contribution in [3.8, 4) is 0 Å². The lowest BCUT2D eigenvalue weighted by Crippen LogP contribution is -1.98. The third-order valence-corrected chi connectivity index (χ3v) is 3.99. The number of rotatable bonds is 2. The molecule has 0 bridgehead atoms. The molecular formula is C16H13I. The van der Waals surface area contributed by atoms with Gasteiger partial charge in [0.25, 0.3) is 0 Å². The predicted octanol–water partition coefficient (Wildman–Crippen LogP) is 4.64. The van der Waals surface area contributed by atoms with Crippen molar-refractivity contribution in [2.75, 3.05) is 0 Å². The Morgan fingerprint density at radius 2 is 1.71 bits per heavy atom. The second-order valence-electron chi connectivity index (χ2n) is 4.43. The minimum absolute atomic E-state index is 0.547. The maximum Gasteiger partial charge on any atom is 0.0130 e. The van der Waals surface area contributed by atoms with Gasteiger partial charge in [-0.2, -0.15) is 0 Å². The van der Waals surface area contributed by atoms with Crippen molar-refractivity contribution >= 4 is 28.7 Å². The molecule has 2 aromatic carbocycles. The van der Waals surface area contributed by atoms with Crippen LogP contribution in [0.4, 0.5) is 0 Å². The number of hydrogen-bond acceptors (Lipinski definition) is 0. The summed E-state index contributed by atoms with van der Waals surface area (Å²) in [6, 6.07) is 17.5. The molecule has 0 aromatic heterocycles. The van der Waals surface area contributed by atoms with Gasteiger partial charge >= 0.3 is 0 Å². The average molecular weight is 332 g/mol. The smallest absolute Gasteiger partial charge is 0.0130 e. The minimum Gasteiger partial charge on any atom is -0.0760 e. The SMILES string of the molecule is Ic1ccc(CC2C=Cc3ccccc32)cc1. The molecule has 0 saturated heterocycles. The first-order valence-corrected chi connectivity index (χ1v) is 6.92. The summed E-state index contributed by atoms with van der Waals surface area (Å²) in [5.41, 5.74) is 4.26. The van der Waals surface area contributed by atoms with Gasteiger partial charge in [-0.05, 0) is 57.8 Å². The number of allylic oxidation sites excluding steroid dienone is 1. The lowest BCUT2D eigenvalue weighted by molar-refractivity contribution is 0.850. The molecule has 1 atom stereocenters. The van der Waals surface area contributed by atoms with Crippen molar-refractivity contribution < 1.29 is 0 Å². The van der Waals surface area contributed by atoms with Crippen LogP contribution in [0.15, 0.2) is 54.6 Å². The molecule has 0 heterocycles.